The zero-order valence-corrected chi connectivity index (χ0v) is 15.7. The zero-order chi connectivity index (χ0) is 19.4. The van der Waals surface area contributed by atoms with E-state index in [1.54, 1.807) is 6.07 Å². The predicted octanol–water partition coefficient (Wildman–Crippen LogP) is 4.28. The van der Waals surface area contributed by atoms with Crippen LogP contribution in [0, 0.1) is 5.82 Å². The van der Waals surface area contributed by atoms with Gasteiger partial charge in [-0.05, 0) is 60.0 Å². The molecule has 0 aliphatic rings. The molecule has 0 fully saturated rings. The molecule has 8 heteroatoms. The lowest BCUT2D eigenvalue weighted by Gasteiger charge is -2.09. The molecule has 140 valence electrons. The molecule has 2 N–H and O–H groups in total. The van der Waals surface area contributed by atoms with Gasteiger partial charge < -0.3 is 5.32 Å². The Morgan fingerprint density at radius 3 is 2.00 bits per heavy atom. The molecule has 0 saturated carbocycles. The van der Waals surface area contributed by atoms with Crippen LogP contribution in [0.1, 0.15) is 25.3 Å². The van der Waals surface area contributed by atoms with Crippen LogP contribution < -0.4 is 10.0 Å². The summed E-state index contributed by atoms with van der Waals surface area (Å²) in [5, 5.41) is 11.0. The number of anilines is 3. The fraction of sp³-hybridized carbons (Fsp3) is 0.158. The van der Waals surface area contributed by atoms with Gasteiger partial charge in [-0.2, -0.15) is 0 Å². The summed E-state index contributed by atoms with van der Waals surface area (Å²) in [5.41, 5.74) is 2.09. The van der Waals surface area contributed by atoms with Crippen molar-refractivity contribution in [2.45, 2.75) is 24.7 Å². The van der Waals surface area contributed by atoms with E-state index in [-0.39, 0.29) is 10.7 Å². The van der Waals surface area contributed by atoms with Gasteiger partial charge in [-0.15, -0.1) is 10.2 Å². The minimum atomic E-state index is -3.85. The van der Waals surface area contributed by atoms with Crippen molar-refractivity contribution in [3.05, 3.63) is 72.0 Å². The first-order valence-electron chi connectivity index (χ1n) is 8.32. The SMILES string of the molecule is CC(C)c1ccc(Nc2ccc(NS(=O)(=O)c3ccc(F)cc3)nn2)cc1. The molecule has 6 nitrogen and oxygen atoms in total. The van der Waals surface area contributed by atoms with Crippen molar-refractivity contribution in [2.24, 2.45) is 0 Å². The maximum absolute atomic E-state index is 12.9. The molecule has 0 spiro atoms. The molecule has 3 rings (SSSR count). The van der Waals surface area contributed by atoms with E-state index in [1.807, 2.05) is 24.3 Å². The lowest BCUT2D eigenvalue weighted by Crippen LogP contribution is -2.14. The number of sulfonamides is 1. The molecular weight excluding hydrogens is 367 g/mol. The summed E-state index contributed by atoms with van der Waals surface area (Å²) in [6.45, 7) is 4.25. The largest absolute Gasteiger partial charge is 0.339 e. The molecule has 1 heterocycles. The maximum atomic E-state index is 12.9. The van der Waals surface area contributed by atoms with Crippen LogP contribution in [0.25, 0.3) is 0 Å². The maximum Gasteiger partial charge on any atom is 0.263 e. The second-order valence-corrected chi connectivity index (χ2v) is 7.95. The number of benzene rings is 2. The van der Waals surface area contributed by atoms with Gasteiger partial charge in [0.25, 0.3) is 10.0 Å². The Balaban J connectivity index is 1.68. The van der Waals surface area contributed by atoms with Gasteiger partial charge in [0, 0.05) is 5.69 Å². The van der Waals surface area contributed by atoms with Crippen molar-refractivity contribution in [1.29, 1.82) is 0 Å². The molecule has 0 bridgehead atoms. The molecule has 0 unspecified atom stereocenters. The third-order valence-electron chi connectivity index (χ3n) is 3.88. The van der Waals surface area contributed by atoms with Crippen molar-refractivity contribution in [1.82, 2.24) is 10.2 Å². The van der Waals surface area contributed by atoms with E-state index in [4.69, 9.17) is 0 Å². The summed E-state index contributed by atoms with van der Waals surface area (Å²) < 4.78 is 39.8. The second kappa shape index (κ2) is 7.71. The molecule has 3 aromatic rings. The molecule has 0 amide bonds. The number of hydrogen-bond donors (Lipinski definition) is 2. The standard InChI is InChI=1S/C19H19FN4O2S/c1-13(2)14-3-7-16(8-4-14)21-18-11-12-19(23-22-18)24-27(25,26)17-9-5-15(20)6-10-17/h3-13H,1-2H3,(H,21,22)(H,23,24). The van der Waals surface area contributed by atoms with Crippen LogP contribution in [0.2, 0.25) is 0 Å². The molecule has 0 atom stereocenters. The van der Waals surface area contributed by atoms with Crippen molar-refractivity contribution in [2.75, 3.05) is 10.0 Å². The minimum absolute atomic E-state index is 0.0573. The highest BCUT2D eigenvalue weighted by Gasteiger charge is 2.15. The number of hydrogen-bond acceptors (Lipinski definition) is 5. The molecular formula is C19H19FN4O2S. The van der Waals surface area contributed by atoms with Gasteiger partial charge in [0.05, 0.1) is 4.90 Å². The molecule has 0 aliphatic carbocycles. The molecule has 27 heavy (non-hydrogen) atoms. The molecule has 0 aliphatic heterocycles. The highest BCUT2D eigenvalue weighted by molar-refractivity contribution is 7.92. The van der Waals surface area contributed by atoms with Crippen LogP contribution >= 0.6 is 0 Å². The van der Waals surface area contributed by atoms with Crippen LogP contribution in [0.4, 0.5) is 21.7 Å². The van der Waals surface area contributed by atoms with Crippen molar-refractivity contribution < 1.29 is 12.8 Å². The van der Waals surface area contributed by atoms with E-state index in [2.05, 4.69) is 34.1 Å². The number of aromatic nitrogens is 2. The Kier molecular flexibility index (Phi) is 5.36. The number of halogens is 1. The molecule has 2 aromatic carbocycles. The normalized spacial score (nSPS) is 11.4. The topological polar surface area (TPSA) is 84.0 Å². The Hall–Kier alpha value is -3.00. The van der Waals surface area contributed by atoms with E-state index in [9.17, 15) is 12.8 Å². The number of nitrogens with zero attached hydrogens (tertiary/aromatic N) is 2. The average molecular weight is 386 g/mol. The molecule has 0 radical (unpaired) electrons. The first kappa shape index (κ1) is 18.8. The number of rotatable bonds is 6. The Morgan fingerprint density at radius 1 is 0.852 bits per heavy atom. The van der Waals surface area contributed by atoms with Gasteiger partial charge in [0.2, 0.25) is 0 Å². The quantitative estimate of drug-likeness (QED) is 0.660. The fourth-order valence-corrected chi connectivity index (χ4v) is 3.36. The summed E-state index contributed by atoms with van der Waals surface area (Å²) in [4.78, 5) is -0.0573. The second-order valence-electron chi connectivity index (χ2n) is 6.26. The first-order chi connectivity index (χ1) is 12.8. The van der Waals surface area contributed by atoms with E-state index in [0.29, 0.717) is 11.7 Å². The van der Waals surface area contributed by atoms with E-state index >= 15 is 0 Å². The fourth-order valence-electron chi connectivity index (χ4n) is 2.36. The van der Waals surface area contributed by atoms with Crippen LogP contribution in [0.3, 0.4) is 0 Å². The van der Waals surface area contributed by atoms with Gasteiger partial charge in [-0.3, -0.25) is 4.72 Å². The summed E-state index contributed by atoms with van der Waals surface area (Å²) >= 11 is 0. The number of nitrogens with one attached hydrogen (secondary N) is 2. The van der Waals surface area contributed by atoms with E-state index in [0.717, 1.165) is 17.8 Å². The van der Waals surface area contributed by atoms with Crippen LogP contribution in [0.15, 0.2) is 65.6 Å². The Bertz CT molecular complexity index is 1000. The lowest BCUT2D eigenvalue weighted by molar-refractivity contribution is 0.599. The van der Waals surface area contributed by atoms with Gasteiger partial charge >= 0.3 is 0 Å². The minimum Gasteiger partial charge on any atom is -0.339 e. The predicted molar refractivity (Wildman–Crippen MR) is 103 cm³/mol. The van der Waals surface area contributed by atoms with E-state index in [1.165, 1.54) is 23.8 Å². The third kappa shape index (κ3) is 4.79. The monoisotopic (exact) mass is 386 g/mol. The van der Waals surface area contributed by atoms with Crippen molar-refractivity contribution in [3.63, 3.8) is 0 Å². The zero-order valence-electron chi connectivity index (χ0n) is 14.8. The Labute approximate surface area is 157 Å². The van der Waals surface area contributed by atoms with Crippen molar-refractivity contribution >= 4 is 27.3 Å². The summed E-state index contributed by atoms with van der Waals surface area (Å²) in [7, 11) is -3.85. The van der Waals surface area contributed by atoms with Gasteiger partial charge in [0.1, 0.15) is 5.82 Å². The summed E-state index contributed by atoms with van der Waals surface area (Å²) in [6, 6.07) is 15.6. The first-order valence-corrected chi connectivity index (χ1v) is 9.81. The van der Waals surface area contributed by atoms with Gasteiger partial charge in [0.15, 0.2) is 11.6 Å². The van der Waals surface area contributed by atoms with Crippen LogP contribution in [0.5, 0.6) is 0 Å². The molecule has 1 aromatic heterocycles. The van der Waals surface area contributed by atoms with Crippen LogP contribution in [-0.4, -0.2) is 18.6 Å². The lowest BCUT2D eigenvalue weighted by atomic mass is 10.0. The van der Waals surface area contributed by atoms with Gasteiger partial charge in [-0.1, -0.05) is 26.0 Å². The van der Waals surface area contributed by atoms with Gasteiger partial charge in [-0.25, -0.2) is 12.8 Å². The third-order valence-corrected chi connectivity index (χ3v) is 5.25. The Morgan fingerprint density at radius 2 is 1.44 bits per heavy atom. The summed E-state index contributed by atoms with van der Waals surface area (Å²) in [6.07, 6.45) is 0. The summed E-state index contributed by atoms with van der Waals surface area (Å²) in [5.74, 6) is 0.495. The van der Waals surface area contributed by atoms with Crippen LogP contribution in [-0.2, 0) is 10.0 Å². The van der Waals surface area contributed by atoms with Crippen molar-refractivity contribution in [3.8, 4) is 0 Å². The van der Waals surface area contributed by atoms with E-state index < -0.39 is 15.8 Å². The molecule has 0 saturated heterocycles. The highest BCUT2D eigenvalue weighted by Crippen LogP contribution is 2.20. The smallest absolute Gasteiger partial charge is 0.263 e. The highest BCUT2D eigenvalue weighted by atomic mass is 32.2. The average Bonchev–Trinajstić information content (AvgIpc) is 2.64.